The van der Waals surface area contributed by atoms with Gasteiger partial charge in [-0.15, -0.1) is 0 Å². The van der Waals surface area contributed by atoms with Gasteiger partial charge in [-0.1, -0.05) is 12.1 Å². The molecule has 4 rings (SSSR count). The molecule has 0 bridgehead atoms. The Bertz CT molecular complexity index is 1220. The van der Waals surface area contributed by atoms with Crippen molar-refractivity contribution >= 4 is 22.5 Å². The maximum atomic E-state index is 12.8. The number of carbonyl (C=O) groups is 1. The summed E-state index contributed by atoms with van der Waals surface area (Å²) in [5.74, 6) is -0.172. The molecule has 6 heteroatoms. The Labute approximate surface area is 162 Å². The van der Waals surface area contributed by atoms with Gasteiger partial charge in [0.2, 0.25) is 5.78 Å². The zero-order valence-corrected chi connectivity index (χ0v) is 15.5. The van der Waals surface area contributed by atoms with E-state index in [1.165, 1.54) is 0 Å². The van der Waals surface area contributed by atoms with Crippen molar-refractivity contribution in [3.05, 3.63) is 77.9 Å². The molecule has 0 aliphatic rings. The van der Waals surface area contributed by atoms with Crippen molar-refractivity contribution in [2.24, 2.45) is 0 Å². The van der Waals surface area contributed by atoms with Crippen LogP contribution in [-0.2, 0) is 0 Å². The summed E-state index contributed by atoms with van der Waals surface area (Å²) in [6.45, 7) is 0. The molecule has 136 valence electrons. The average molecular weight is 367 g/mol. The molecule has 0 radical (unpaired) electrons. The monoisotopic (exact) mass is 367 g/mol. The highest BCUT2D eigenvalue weighted by Crippen LogP contribution is 2.30. The lowest BCUT2D eigenvalue weighted by Gasteiger charge is -2.14. The van der Waals surface area contributed by atoms with Crippen molar-refractivity contribution in [2.45, 2.75) is 0 Å². The number of aromatic nitrogens is 3. The number of H-pyrrole nitrogens is 1. The summed E-state index contributed by atoms with van der Waals surface area (Å²) >= 11 is 0. The highest BCUT2D eigenvalue weighted by atomic mass is 16.1. The van der Waals surface area contributed by atoms with Gasteiger partial charge in [-0.3, -0.25) is 9.78 Å². The molecule has 3 heterocycles. The van der Waals surface area contributed by atoms with Gasteiger partial charge < -0.3 is 9.88 Å². The SMILES string of the molecule is CN(C)c1ccc(-c2cnc3[nH]cc(C(=O)c4ccccn4)c3c2)c(C#N)c1. The van der Waals surface area contributed by atoms with Crippen LogP contribution in [0.2, 0.25) is 0 Å². The quantitative estimate of drug-likeness (QED) is 0.555. The highest BCUT2D eigenvalue weighted by Gasteiger charge is 2.17. The number of ketones is 1. The van der Waals surface area contributed by atoms with Crippen LogP contribution in [0.1, 0.15) is 21.6 Å². The number of nitriles is 1. The van der Waals surface area contributed by atoms with Crippen LogP contribution in [0.4, 0.5) is 5.69 Å². The second kappa shape index (κ2) is 6.97. The van der Waals surface area contributed by atoms with Crippen LogP contribution < -0.4 is 4.90 Å². The minimum Gasteiger partial charge on any atom is -0.378 e. The number of rotatable bonds is 4. The summed E-state index contributed by atoms with van der Waals surface area (Å²) in [7, 11) is 3.86. The third-order valence-electron chi connectivity index (χ3n) is 4.62. The van der Waals surface area contributed by atoms with Crippen LogP contribution in [0.3, 0.4) is 0 Å². The van der Waals surface area contributed by atoms with E-state index in [1.807, 2.05) is 43.3 Å². The van der Waals surface area contributed by atoms with Crippen LogP contribution in [0.15, 0.2) is 61.1 Å². The molecule has 0 saturated heterocycles. The molecule has 28 heavy (non-hydrogen) atoms. The number of carbonyl (C=O) groups excluding carboxylic acids is 1. The highest BCUT2D eigenvalue weighted by molar-refractivity contribution is 6.15. The van der Waals surface area contributed by atoms with Crippen LogP contribution in [0, 0.1) is 11.3 Å². The molecule has 0 atom stereocenters. The molecule has 0 saturated carbocycles. The lowest BCUT2D eigenvalue weighted by Crippen LogP contribution is -2.08. The smallest absolute Gasteiger partial charge is 0.213 e. The molecule has 4 aromatic rings. The molecule has 0 fully saturated rings. The van der Waals surface area contributed by atoms with E-state index in [0.717, 1.165) is 16.8 Å². The topological polar surface area (TPSA) is 85.7 Å². The molecular weight excluding hydrogens is 350 g/mol. The first-order valence-corrected chi connectivity index (χ1v) is 8.73. The van der Waals surface area contributed by atoms with E-state index in [2.05, 4.69) is 21.0 Å². The Balaban J connectivity index is 1.83. The van der Waals surface area contributed by atoms with E-state index in [0.29, 0.717) is 27.9 Å². The van der Waals surface area contributed by atoms with Crippen molar-refractivity contribution in [1.82, 2.24) is 15.0 Å². The first-order chi connectivity index (χ1) is 13.6. The molecule has 0 amide bonds. The predicted molar refractivity (Wildman–Crippen MR) is 108 cm³/mol. The van der Waals surface area contributed by atoms with Crippen molar-refractivity contribution in [3.63, 3.8) is 0 Å². The van der Waals surface area contributed by atoms with Gasteiger partial charge in [0, 0.05) is 54.9 Å². The van der Waals surface area contributed by atoms with Crippen LogP contribution in [-0.4, -0.2) is 34.8 Å². The first kappa shape index (κ1) is 17.4. The fourth-order valence-corrected chi connectivity index (χ4v) is 3.13. The average Bonchev–Trinajstić information content (AvgIpc) is 3.16. The maximum Gasteiger partial charge on any atom is 0.213 e. The number of benzene rings is 1. The number of fused-ring (bicyclic) bond motifs is 1. The summed E-state index contributed by atoms with van der Waals surface area (Å²) < 4.78 is 0. The van der Waals surface area contributed by atoms with Crippen molar-refractivity contribution in [3.8, 4) is 17.2 Å². The largest absolute Gasteiger partial charge is 0.378 e. The minimum atomic E-state index is -0.172. The van der Waals surface area contributed by atoms with Gasteiger partial charge in [0.1, 0.15) is 11.3 Å². The zero-order chi connectivity index (χ0) is 19.7. The minimum absolute atomic E-state index is 0.172. The van der Waals surface area contributed by atoms with Crippen molar-refractivity contribution in [1.29, 1.82) is 5.26 Å². The number of aromatic amines is 1. The lowest BCUT2D eigenvalue weighted by atomic mass is 9.99. The number of nitrogens with one attached hydrogen (secondary N) is 1. The number of anilines is 1. The summed E-state index contributed by atoms with van der Waals surface area (Å²) in [6, 6.07) is 15.1. The van der Waals surface area contributed by atoms with Crippen molar-refractivity contribution in [2.75, 3.05) is 19.0 Å². The third-order valence-corrected chi connectivity index (χ3v) is 4.62. The normalized spacial score (nSPS) is 10.6. The number of hydrogen-bond acceptors (Lipinski definition) is 5. The van der Waals surface area contributed by atoms with E-state index in [4.69, 9.17) is 0 Å². The second-order valence-corrected chi connectivity index (χ2v) is 6.60. The Morgan fingerprint density at radius 3 is 2.71 bits per heavy atom. The molecular formula is C22H17N5O. The molecule has 1 N–H and O–H groups in total. The van der Waals surface area contributed by atoms with E-state index < -0.39 is 0 Å². The van der Waals surface area contributed by atoms with Crippen LogP contribution >= 0.6 is 0 Å². The Morgan fingerprint density at radius 2 is 2.00 bits per heavy atom. The molecule has 0 aliphatic carbocycles. The van der Waals surface area contributed by atoms with E-state index in [-0.39, 0.29) is 5.78 Å². The molecule has 1 aromatic carbocycles. The number of pyridine rings is 2. The van der Waals surface area contributed by atoms with Crippen LogP contribution in [0.5, 0.6) is 0 Å². The summed E-state index contributed by atoms with van der Waals surface area (Å²) in [6.07, 6.45) is 4.95. The third kappa shape index (κ3) is 2.99. The van der Waals surface area contributed by atoms with Crippen LogP contribution in [0.25, 0.3) is 22.2 Å². The van der Waals surface area contributed by atoms with E-state index in [9.17, 15) is 10.1 Å². The summed E-state index contributed by atoms with van der Waals surface area (Å²) in [5, 5.41) is 10.3. The zero-order valence-electron chi connectivity index (χ0n) is 15.5. The number of nitrogens with zero attached hydrogens (tertiary/aromatic N) is 4. The second-order valence-electron chi connectivity index (χ2n) is 6.60. The fourth-order valence-electron chi connectivity index (χ4n) is 3.13. The molecule has 0 spiro atoms. The van der Waals surface area contributed by atoms with Gasteiger partial charge in [0.25, 0.3) is 0 Å². The molecule has 3 aromatic heterocycles. The number of hydrogen-bond donors (Lipinski definition) is 1. The van der Waals surface area contributed by atoms with E-state index in [1.54, 1.807) is 36.8 Å². The van der Waals surface area contributed by atoms with Crippen molar-refractivity contribution < 1.29 is 4.79 Å². The first-order valence-electron chi connectivity index (χ1n) is 8.73. The van der Waals surface area contributed by atoms with Gasteiger partial charge in [-0.05, 0) is 30.3 Å². The Kier molecular flexibility index (Phi) is 4.34. The van der Waals surface area contributed by atoms with Gasteiger partial charge in [0.15, 0.2) is 0 Å². The lowest BCUT2D eigenvalue weighted by molar-refractivity contribution is 0.103. The molecule has 0 aliphatic heterocycles. The van der Waals surface area contributed by atoms with E-state index >= 15 is 0 Å². The molecule has 6 nitrogen and oxygen atoms in total. The standard InChI is InChI=1S/C22H17N5O/c1-27(2)16-6-7-17(14(9-16)11-23)15-10-18-19(13-26-22(18)25-12-15)21(28)20-5-3-4-8-24-20/h3-10,12-13H,1-2H3,(H,25,26). The Morgan fingerprint density at radius 1 is 1.14 bits per heavy atom. The van der Waals surface area contributed by atoms with Gasteiger partial charge in [-0.2, -0.15) is 5.26 Å². The van der Waals surface area contributed by atoms with Gasteiger partial charge in [0.05, 0.1) is 17.2 Å². The maximum absolute atomic E-state index is 12.8. The summed E-state index contributed by atoms with van der Waals surface area (Å²) in [4.78, 5) is 26.4. The Hall–Kier alpha value is -3.98. The predicted octanol–water partition coefficient (Wildman–Crippen LogP) is 3.79. The van der Waals surface area contributed by atoms with Gasteiger partial charge in [-0.25, -0.2) is 4.98 Å². The fraction of sp³-hybridized carbons (Fsp3) is 0.0909. The molecule has 0 unspecified atom stereocenters. The van der Waals surface area contributed by atoms with Gasteiger partial charge >= 0.3 is 0 Å². The summed E-state index contributed by atoms with van der Waals surface area (Å²) in [5.41, 5.74) is 4.56.